The molecule has 1 atom stereocenters. The second-order valence-corrected chi connectivity index (χ2v) is 4.95. The van der Waals surface area contributed by atoms with E-state index in [1.807, 2.05) is 12.1 Å². The van der Waals surface area contributed by atoms with E-state index in [9.17, 15) is 9.59 Å². The van der Waals surface area contributed by atoms with Crippen molar-refractivity contribution in [3.05, 3.63) is 42.7 Å². The number of benzene rings is 1. The summed E-state index contributed by atoms with van der Waals surface area (Å²) >= 11 is 0. The van der Waals surface area contributed by atoms with Crippen molar-refractivity contribution in [1.82, 2.24) is 5.32 Å². The van der Waals surface area contributed by atoms with Crippen molar-refractivity contribution in [1.29, 1.82) is 0 Å². The molecule has 1 unspecified atom stereocenters. The van der Waals surface area contributed by atoms with E-state index in [4.69, 9.17) is 9.15 Å². The largest absolute Gasteiger partial charge is 0.489 e. The number of hydrogen-bond acceptors (Lipinski definition) is 4. The number of piperidine rings is 1. The Balaban J connectivity index is 1.91. The number of imide groups is 1. The van der Waals surface area contributed by atoms with Gasteiger partial charge < -0.3 is 9.15 Å². The Hall–Kier alpha value is -2.56. The fourth-order valence-corrected chi connectivity index (χ4v) is 2.53. The van der Waals surface area contributed by atoms with Crippen LogP contribution in [0.4, 0.5) is 0 Å². The number of ether oxygens (including phenoxy) is 1. The Morgan fingerprint density at radius 2 is 2.29 bits per heavy atom. The number of fused-ring (bicyclic) bond motifs is 1. The molecule has 1 saturated heterocycles. The van der Waals surface area contributed by atoms with Crippen LogP contribution in [-0.4, -0.2) is 18.4 Å². The van der Waals surface area contributed by atoms with E-state index in [1.165, 1.54) is 0 Å². The Kier molecular flexibility index (Phi) is 3.48. The van der Waals surface area contributed by atoms with Gasteiger partial charge in [0.25, 0.3) is 0 Å². The van der Waals surface area contributed by atoms with Gasteiger partial charge in [0.2, 0.25) is 11.8 Å². The van der Waals surface area contributed by atoms with Crippen molar-refractivity contribution < 1.29 is 18.7 Å². The fourth-order valence-electron chi connectivity index (χ4n) is 2.53. The van der Waals surface area contributed by atoms with Gasteiger partial charge in [0.15, 0.2) is 0 Å². The topological polar surface area (TPSA) is 68.5 Å². The van der Waals surface area contributed by atoms with Gasteiger partial charge in [-0.25, -0.2) is 0 Å². The van der Waals surface area contributed by atoms with Crippen LogP contribution in [0.2, 0.25) is 0 Å². The van der Waals surface area contributed by atoms with E-state index in [-0.39, 0.29) is 17.7 Å². The van der Waals surface area contributed by atoms with Gasteiger partial charge in [-0.2, -0.15) is 0 Å². The third kappa shape index (κ3) is 2.54. The Morgan fingerprint density at radius 1 is 1.43 bits per heavy atom. The minimum Gasteiger partial charge on any atom is -0.489 e. The first-order valence-electron chi connectivity index (χ1n) is 6.77. The van der Waals surface area contributed by atoms with Crippen LogP contribution in [0.3, 0.4) is 0 Å². The van der Waals surface area contributed by atoms with Crippen LogP contribution in [-0.2, 0) is 9.59 Å². The van der Waals surface area contributed by atoms with Crippen LogP contribution in [0, 0.1) is 0 Å². The summed E-state index contributed by atoms with van der Waals surface area (Å²) in [4.78, 5) is 23.2. The normalized spacial score (nSPS) is 18.6. The van der Waals surface area contributed by atoms with Gasteiger partial charge in [-0.05, 0) is 18.6 Å². The van der Waals surface area contributed by atoms with Crippen LogP contribution in [0.5, 0.6) is 5.75 Å². The zero-order valence-electron chi connectivity index (χ0n) is 11.4. The van der Waals surface area contributed by atoms with E-state index < -0.39 is 0 Å². The molecular formula is C16H15NO4. The first kappa shape index (κ1) is 13.4. The minimum atomic E-state index is -0.344. The highest BCUT2D eigenvalue weighted by Crippen LogP contribution is 2.34. The summed E-state index contributed by atoms with van der Waals surface area (Å²) < 4.78 is 11.0. The lowest BCUT2D eigenvalue weighted by Crippen LogP contribution is -2.39. The van der Waals surface area contributed by atoms with Gasteiger partial charge in [0, 0.05) is 23.4 Å². The number of amides is 2. The van der Waals surface area contributed by atoms with Crippen LogP contribution < -0.4 is 10.1 Å². The Morgan fingerprint density at radius 3 is 3.05 bits per heavy atom. The maximum Gasteiger partial charge on any atom is 0.234 e. The van der Waals surface area contributed by atoms with Crippen molar-refractivity contribution >= 4 is 22.8 Å². The predicted octanol–water partition coefficient (Wildman–Crippen LogP) is 2.52. The summed E-state index contributed by atoms with van der Waals surface area (Å²) in [6.45, 7) is 4.02. The summed E-state index contributed by atoms with van der Waals surface area (Å²) in [7, 11) is 0. The molecule has 0 bridgehead atoms. The van der Waals surface area contributed by atoms with Crippen molar-refractivity contribution in [2.75, 3.05) is 6.61 Å². The van der Waals surface area contributed by atoms with E-state index in [1.54, 1.807) is 18.4 Å². The van der Waals surface area contributed by atoms with Crippen molar-refractivity contribution in [2.24, 2.45) is 0 Å². The summed E-state index contributed by atoms with van der Waals surface area (Å²) in [5.74, 6) is -0.138. The molecule has 1 aliphatic rings. The molecule has 1 aromatic carbocycles. The number of furan rings is 1. The van der Waals surface area contributed by atoms with Crippen LogP contribution in [0.25, 0.3) is 11.0 Å². The van der Waals surface area contributed by atoms with Crippen molar-refractivity contribution in [3.8, 4) is 5.75 Å². The molecule has 0 aliphatic carbocycles. The first-order valence-corrected chi connectivity index (χ1v) is 6.77. The molecule has 0 radical (unpaired) electrons. The zero-order valence-corrected chi connectivity index (χ0v) is 11.4. The van der Waals surface area contributed by atoms with E-state index in [2.05, 4.69) is 11.9 Å². The average Bonchev–Trinajstić information content (AvgIpc) is 2.88. The average molecular weight is 285 g/mol. The molecule has 0 saturated carbocycles. The van der Waals surface area contributed by atoms with E-state index >= 15 is 0 Å². The second kappa shape index (κ2) is 5.44. The zero-order chi connectivity index (χ0) is 14.8. The Labute approximate surface area is 121 Å². The lowest BCUT2D eigenvalue weighted by Gasteiger charge is -2.19. The third-order valence-corrected chi connectivity index (χ3v) is 3.56. The number of hydrogen-bond donors (Lipinski definition) is 1. The molecule has 2 aromatic rings. The molecule has 2 amide bonds. The van der Waals surface area contributed by atoms with Gasteiger partial charge in [-0.3, -0.25) is 14.9 Å². The molecule has 1 aliphatic heterocycles. The molecular weight excluding hydrogens is 270 g/mol. The molecule has 0 spiro atoms. The SMILES string of the molecule is C=CCOc1ccc2c(C3CCC(=O)NC3=O)coc2c1. The van der Waals surface area contributed by atoms with Gasteiger partial charge in [0.1, 0.15) is 17.9 Å². The van der Waals surface area contributed by atoms with Gasteiger partial charge >= 0.3 is 0 Å². The summed E-state index contributed by atoms with van der Waals surface area (Å²) in [6, 6.07) is 5.49. The maximum atomic E-state index is 11.9. The van der Waals surface area contributed by atoms with Gasteiger partial charge in [-0.15, -0.1) is 0 Å². The molecule has 5 heteroatoms. The molecule has 2 heterocycles. The van der Waals surface area contributed by atoms with E-state index in [0.29, 0.717) is 30.8 Å². The van der Waals surface area contributed by atoms with Crippen LogP contribution in [0.15, 0.2) is 41.5 Å². The lowest BCUT2D eigenvalue weighted by molar-refractivity contribution is -0.134. The lowest BCUT2D eigenvalue weighted by atomic mass is 9.90. The predicted molar refractivity (Wildman–Crippen MR) is 77.0 cm³/mol. The first-order chi connectivity index (χ1) is 10.2. The summed E-state index contributed by atoms with van der Waals surface area (Å²) in [5, 5.41) is 3.24. The standard InChI is InChI=1S/C16H15NO4/c1-2-7-20-10-3-4-11-13(9-21-14(11)8-10)12-5-6-15(18)17-16(12)19/h2-4,8-9,12H,1,5-7H2,(H,17,18,19). The minimum absolute atomic E-state index is 0.218. The quantitative estimate of drug-likeness (QED) is 0.692. The van der Waals surface area contributed by atoms with Crippen LogP contribution in [0.1, 0.15) is 24.3 Å². The number of rotatable bonds is 4. The molecule has 1 N–H and O–H groups in total. The smallest absolute Gasteiger partial charge is 0.234 e. The van der Waals surface area contributed by atoms with Gasteiger partial charge in [0.05, 0.1) is 12.2 Å². The molecule has 1 aromatic heterocycles. The monoisotopic (exact) mass is 285 g/mol. The number of carbonyl (C=O) groups is 2. The van der Waals surface area contributed by atoms with Crippen molar-refractivity contribution in [2.45, 2.75) is 18.8 Å². The highest BCUT2D eigenvalue weighted by molar-refractivity contribution is 6.02. The number of nitrogens with one attached hydrogen (secondary N) is 1. The molecule has 3 rings (SSSR count). The van der Waals surface area contributed by atoms with E-state index in [0.717, 1.165) is 10.9 Å². The number of carbonyl (C=O) groups excluding carboxylic acids is 2. The van der Waals surface area contributed by atoms with Gasteiger partial charge in [-0.1, -0.05) is 12.7 Å². The summed E-state index contributed by atoms with van der Waals surface area (Å²) in [6.07, 6.45) is 4.11. The van der Waals surface area contributed by atoms with Crippen LogP contribution >= 0.6 is 0 Å². The second-order valence-electron chi connectivity index (χ2n) is 4.95. The molecule has 21 heavy (non-hydrogen) atoms. The maximum absolute atomic E-state index is 11.9. The third-order valence-electron chi connectivity index (χ3n) is 3.56. The molecule has 5 nitrogen and oxygen atoms in total. The Bertz CT molecular complexity index is 716. The highest BCUT2D eigenvalue weighted by atomic mass is 16.5. The molecule has 1 fully saturated rings. The highest BCUT2D eigenvalue weighted by Gasteiger charge is 2.30. The van der Waals surface area contributed by atoms with Crippen molar-refractivity contribution in [3.63, 3.8) is 0 Å². The fraction of sp³-hybridized carbons (Fsp3) is 0.250. The molecule has 108 valence electrons. The summed E-state index contributed by atoms with van der Waals surface area (Å²) in [5.41, 5.74) is 1.47.